The largest absolute Gasteiger partial charge is 0.377 e. The first-order chi connectivity index (χ1) is 16.4. The summed E-state index contributed by atoms with van der Waals surface area (Å²) in [7, 11) is 0. The molecule has 1 atom stereocenters. The molecule has 9 nitrogen and oxygen atoms in total. The highest BCUT2D eigenvalue weighted by Crippen LogP contribution is 2.35. The Hall–Kier alpha value is -3.93. The monoisotopic (exact) mass is 473 g/mol. The number of carbonyl (C=O) groups excluding carboxylic acids is 1. The molecule has 1 fully saturated rings. The van der Waals surface area contributed by atoms with Gasteiger partial charge in [-0.25, -0.2) is 9.37 Å². The summed E-state index contributed by atoms with van der Waals surface area (Å²) in [6.45, 7) is 3.56. The Bertz CT molecular complexity index is 1190. The maximum atomic E-state index is 15.2. The maximum Gasteiger partial charge on any atom is 0.315 e. The summed E-state index contributed by atoms with van der Waals surface area (Å²) in [5, 5.41) is 19.7. The first-order valence-corrected chi connectivity index (χ1v) is 10.4. The van der Waals surface area contributed by atoms with Gasteiger partial charge in [-0.3, -0.25) is 9.89 Å². The van der Waals surface area contributed by atoms with E-state index in [2.05, 4.69) is 20.5 Å². The summed E-state index contributed by atoms with van der Waals surface area (Å²) in [5.41, 5.74) is 0.688. The molecule has 0 bridgehead atoms. The van der Waals surface area contributed by atoms with Crippen LogP contribution in [0.5, 0.6) is 0 Å². The van der Waals surface area contributed by atoms with Crippen LogP contribution in [-0.4, -0.2) is 59.5 Å². The molecular weight excluding hydrogens is 451 g/mol. The number of aromatic amines is 1. The summed E-state index contributed by atoms with van der Waals surface area (Å²) < 4.78 is 45.8. The number of H-pyrrole nitrogens is 1. The van der Waals surface area contributed by atoms with E-state index < -0.39 is 18.1 Å². The Labute approximate surface area is 192 Å². The van der Waals surface area contributed by atoms with Crippen molar-refractivity contribution in [3.8, 4) is 11.1 Å². The van der Waals surface area contributed by atoms with Crippen LogP contribution in [0.25, 0.3) is 11.1 Å². The van der Waals surface area contributed by atoms with Crippen molar-refractivity contribution in [2.45, 2.75) is 19.4 Å². The number of benzene rings is 1. The van der Waals surface area contributed by atoms with Crippen LogP contribution in [0.1, 0.15) is 12.5 Å². The molecule has 4 N–H and O–H groups in total. The van der Waals surface area contributed by atoms with Crippen molar-refractivity contribution in [1.82, 2.24) is 15.2 Å². The third-order valence-electron chi connectivity index (χ3n) is 5.33. The van der Waals surface area contributed by atoms with Crippen LogP contribution in [0.3, 0.4) is 0 Å². The molecular formula is C22H22F3N7O2. The van der Waals surface area contributed by atoms with Gasteiger partial charge in [0.2, 0.25) is 0 Å². The SMILES string of the molecule is C[C@@H]1COCCN1c1cc(-c2ccc(NC(=O)C(F)F)cc2F)c(C=N)c(Nc2ccn[nH]2)n1. The van der Waals surface area contributed by atoms with E-state index in [4.69, 9.17) is 10.1 Å². The third-order valence-corrected chi connectivity index (χ3v) is 5.33. The molecule has 0 spiro atoms. The van der Waals surface area contributed by atoms with Crippen LogP contribution in [0.2, 0.25) is 0 Å². The third kappa shape index (κ3) is 4.86. The summed E-state index contributed by atoms with van der Waals surface area (Å²) in [6.07, 6.45) is -0.617. The number of hydrogen-bond acceptors (Lipinski definition) is 7. The van der Waals surface area contributed by atoms with Gasteiger partial charge in [-0.2, -0.15) is 13.9 Å². The number of amides is 1. The molecule has 178 valence electrons. The van der Waals surface area contributed by atoms with Gasteiger partial charge in [-0.05, 0) is 31.2 Å². The number of ether oxygens (including phenoxy) is 1. The summed E-state index contributed by atoms with van der Waals surface area (Å²) >= 11 is 0. The lowest BCUT2D eigenvalue weighted by atomic mass is 9.99. The van der Waals surface area contributed by atoms with Crippen molar-refractivity contribution in [3.05, 3.63) is 47.9 Å². The van der Waals surface area contributed by atoms with Gasteiger partial charge >= 0.3 is 6.43 Å². The molecule has 34 heavy (non-hydrogen) atoms. The van der Waals surface area contributed by atoms with Crippen LogP contribution in [0.15, 0.2) is 36.5 Å². The van der Waals surface area contributed by atoms with Crippen LogP contribution < -0.4 is 15.5 Å². The molecule has 1 aromatic carbocycles. The highest BCUT2D eigenvalue weighted by Gasteiger charge is 2.24. The molecule has 1 amide bonds. The van der Waals surface area contributed by atoms with Crippen LogP contribution in [-0.2, 0) is 9.53 Å². The average Bonchev–Trinajstić information content (AvgIpc) is 3.32. The van der Waals surface area contributed by atoms with Crippen molar-refractivity contribution in [1.29, 1.82) is 5.41 Å². The van der Waals surface area contributed by atoms with Crippen LogP contribution >= 0.6 is 0 Å². The number of carbonyl (C=O) groups is 1. The second-order valence-corrected chi connectivity index (χ2v) is 7.63. The van der Waals surface area contributed by atoms with Gasteiger partial charge in [0, 0.05) is 41.2 Å². The Kier molecular flexibility index (Phi) is 6.77. The quantitative estimate of drug-likeness (QED) is 0.388. The number of nitrogens with one attached hydrogen (secondary N) is 4. The second kappa shape index (κ2) is 9.91. The highest BCUT2D eigenvalue weighted by atomic mass is 19.3. The van der Waals surface area contributed by atoms with E-state index in [9.17, 15) is 13.6 Å². The zero-order valence-electron chi connectivity index (χ0n) is 18.1. The smallest absolute Gasteiger partial charge is 0.315 e. The number of alkyl halides is 2. The Morgan fingerprint density at radius 2 is 2.15 bits per heavy atom. The molecule has 3 aromatic rings. The van der Waals surface area contributed by atoms with E-state index in [0.717, 1.165) is 12.3 Å². The number of hydrogen-bond donors (Lipinski definition) is 4. The molecule has 12 heteroatoms. The minimum absolute atomic E-state index is 0.0109. The van der Waals surface area contributed by atoms with Gasteiger partial charge in [0.25, 0.3) is 5.91 Å². The van der Waals surface area contributed by atoms with Crippen LogP contribution in [0.4, 0.5) is 36.3 Å². The van der Waals surface area contributed by atoms with E-state index in [1.54, 1.807) is 18.3 Å². The van der Waals surface area contributed by atoms with E-state index in [0.29, 0.717) is 48.3 Å². The molecule has 0 unspecified atom stereocenters. The Balaban J connectivity index is 1.81. The van der Waals surface area contributed by atoms with Gasteiger partial charge in [0.1, 0.15) is 23.3 Å². The summed E-state index contributed by atoms with van der Waals surface area (Å²) in [6, 6.07) is 7.02. The lowest BCUT2D eigenvalue weighted by molar-refractivity contribution is -0.126. The molecule has 4 rings (SSSR count). The van der Waals surface area contributed by atoms with Crippen molar-refractivity contribution in [2.24, 2.45) is 0 Å². The summed E-state index contributed by atoms with van der Waals surface area (Å²) in [4.78, 5) is 18.0. The highest BCUT2D eigenvalue weighted by molar-refractivity contribution is 5.97. The van der Waals surface area contributed by atoms with Crippen molar-refractivity contribution >= 4 is 35.3 Å². The molecule has 1 aliphatic heterocycles. The normalized spacial score (nSPS) is 15.9. The number of aromatic nitrogens is 3. The predicted octanol–water partition coefficient (Wildman–Crippen LogP) is 3.78. The molecule has 0 saturated carbocycles. The van der Waals surface area contributed by atoms with Crippen molar-refractivity contribution < 1.29 is 22.7 Å². The number of pyridine rings is 1. The fourth-order valence-electron chi connectivity index (χ4n) is 3.68. The van der Waals surface area contributed by atoms with Crippen molar-refractivity contribution in [3.63, 3.8) is 0 Å². The van der Waals surface area contributed by atoms with Crippen molar-refractivity contribution in [2.75, 3.05) is 35.3 Å². The lowest BCUT2D eigenvalue weighted by Gasteiger charge is -2.35. The Morgan fingerprint density at radius 3 is 2.79 bits per heavy atom. The maximum absolute atomic E-state index is 15.2. The van der Waals surface area contributed by atoms with E-state index >= 15 is 4.39 Å². The number of halogens is 3. The minimum Gasteiger partial charge on any atom is -0.377 e. The van der Waals surface area contributed by atoms with E-state index in [1.165, 1.54) is 12.1 Å². The van der Waals surface area contributed by atoms with E-state index in [-0.39, 0.29) is 17.3 Å². The van der Waals surface area contributed by atoms with Gasteiger partial charge in [0.15, 0.2) is 0 Å². The topological polar surface area (TPSA) is 119 Å². The summed E-state index contributed by atoms with van der Waals surface area (Å²) in [5.74, 6) is -0.896. The molecule has 2 aromatic heterocycles. The number of anilines is 4. The van der Waals surface area contributed by atoms with Gasteiger partial charge in [0.05, 0.1) is 25.5 Å². The molecule has 3 heterocycles. The predicted molar refractivity (Wildman–Crippen MR) is 122 cm³/mol. The zero-order chi connectivity index (χ0) is 24.2. The number of rotatable bonds is 7. The minimum atomic E-state index is -3.22. The lowest BCUT2D eigenvalue weighted by Crippen LogP contribution is -2.44. The van der Waals surface area contributed by atoms with Gasteiger partial charge in [-0.1, -0.05) is 0 Å². The fraction of sp³-hybridized carbons (Fsp3) is 0.273. The first kappa shape index (κ1) is 23.2. The first-order valence-electron chi connectivity index (χ1n) is 10.4. The Morgan fingerprint density at radius 1 is 1.32 bits per heavy atom. The zero-order valence-corrected chi connectivity index (χ0v) is 18.1. The molecule has 0 radical (unpaired) electrons. The average molecular weight is 473 g/mol. The molecule has 0 aliphatic carbocycles. The molecule has 1 aliphatic rings. The van der Waals surface area contributed by atoms with Gasteiger partial charge in [-0.15, -0.1) is 0 Å². The second-order valence-electron chi connectivity index (χ2n) is 7.63. The fourth-order valence-corrected chi connectivity index (χ4v) is 3.68. The van der Waals surface area contributed by atoms with E-state index in [1.807, 2.05) is 17.1 Å². The van der Waals surface area contributed by atoms with Crippen LogP contribution in [0, 0.1) is 11.2 Å². The van der Waals surface area contributed by atoms with Gasteiger partial charge < -0.3 is 25.7 Å². The number of nitrogens with zero attached hydrogens (tertiary/aromatic N) is 3. The standard InChI is InChI=1S/C22H22F3N7O2/c1-12-11-34-7-6-32(12)19-9-15(16(10-26)21(30-19)29-18-4-5-27-31-18)14-3-2-13(8-17(14)23)28-22(33)20(24)25/h2-5,8-10,12,20,26H,6-7,11H2,1H3,(H,28,33)(H2,27,29,30,31)/t12-/m1/s1. The molecule has 1 saturated heterocycles. The number of morpholine rings is 1.